The summed E-state index contributed by atoms with van der Waals surface area (Å²) in [5.41, 5.74) is 0.506. The van der Waals surface area contributed by atoms with Crippen LogP contribution in [0.4, 0.5) is 0 Å². The molecule has 0 heterocycles. The number of nitrogens with one attached hydrogen (secondary N) is 1. The summed E-state index contributed by atoms with van der Waals surface area (Å²) in [7, 11) is 1.30. The van der Waals surface area contributed by atoms with Crippen LogP contribution in [-0.2, 0) is 9.53 Å². The summed E-state index contributed by atoms with van der Waals surface area (Å²) < 4.78 is 9.82. The molecule has 5 nitrogen and oxygen atoms in total. The summed E-state index contributed by atoms with van der Waals surface area (Å²) in [5.74, 6) is 0.481. The van der Waals surface area contributed by atoms with Gasteiger partial charge in [-0.2, -0.15) is 0 Å². The van der Waals surface area contributed by atoms with Crippen molar-refractivity contribution in [1.29, 1.82) is 0 Å². The van der Waals surface area contributed by atoms with E-state index in [2.05, 4.69) is 23.9 Å². The van der Waals surface area contributed by atoms with E-state index < -0.39 is 5.97 Å². The molecule has 5 heteroatoms. The van der Waals surface area contributed by atoms with Gasteiger partial charge in [-0.25, -0.2) is 4.79 Å². The molecule has 0 aromatic heterocycles. The highest BCUT2D eigenvalue weighted by molar-refractivity contribution is 5.95. The van der Waals surface area contributed by atoms with Crippen molar-refractivity contribution in [3.63, 3.8) is 0 Å². The van der Waals surface area contributed by atoms with Gasteiger partial charge >= 0.3 is 5.97 Å². The molecule has 1 aromatic rings. The Balaban J connectivity index is 1.97. The molecule has 0 bridgehead atoms. The number of methoxy groups -OCH3 is 1. The van der Waals surface area contributed by atoms with E-state index in [-0.39, 0.29) is 18.1 Å². The number of amides is 1. The van der Waals surface area contributed by atoms with Gasteiger partial charge in [-0.1, -0.05) is 19.9 Å². The predicted octanol–water partition coefficient (Wildman–Crippen LogP) is 2.55. The van der Waals surface area contributed by atoms with E-state index in [0.29, 0.717) is 17.2 Å². The summed E-state index contributed by atoms with van der Waals surface area (Å²) in [5, 5.41) is 3.13. The molecule has 1 N–H and O–H groups in total. The lowest BCUT2D eigenvalue weighted by Gasteiger charge is -2.19. The molecule has 2 rings (SSSR count). The second kappa shape index (κ2) is 6.81. The lowest BCUT2D eigenvalue weighted by atomic mass is 10.0. The number of carbonyl (C=O) groups is 2. The maximum absolute atomic E-state index is 12.4. The first-order chi connectivity index (χ1) is 10.4. The SMILES string of the molecule is COC(=O)COc1cccc(C(=O)NC2(CC(C)C)CC2)c1. The Morgan fingerprint density at radius 1 is 1.32 bits per heavy atom. The van der Waals surface area contributed by atoms with E-state index in [1.165, 1.54) is 7.11 Å². The first kappa shape index (κ1) is 16.3. The molecule has 0 saturated heterocycles. The lowest BCUT2D eigenvalue weighted by Crippen LogP contribution is -2.37. The summed E-state index contributed by atoms with van der Waals surface area (Å²) in [6.45, 7) is 4.15. The normalized spacial score (nSPS) is 15.3. The Hall–Kier alpha value is -2.04. The Bertz CT molecular complexity index is 549. The molecule has 22 heavy (non-hydrogen) atoms. The van der Waals surface area contributed by atoms with Crippen LogP contribution in [0.25, 0.3) is 0 Å². The molecule has 1 amide bonds. The molecular weight excluding hydrogens is 282 g/mol. The van der Waals surface area contributed by atoms with Gasteiger partial charge in [0.05, 0.1) is 7.11 Å². The predicted molar refractivity (Wildman–Crippen MR) is 82.8 cm³/mol. The second-order valence-electron chi connectivity index (χ2n) is 6.23. The van der Waals surface area contributed by atoms with E-state index >= 15 is 0 Å². The smallest absolute Gasteiger partial charge is 0.343 e. The minimum absolute atomic E-state index is 0.0336. The van der Waals surface area contributed by atoms with Gasteiger partial charge in [-0.15, -0.1) is 0 Å². The highest BCUT2D eigenvalue weighted by Crippen LogP contribution is 2.41. The van der Waals surface area contributed by atoms with Crippen molar-refractivity contribution in [1.82, 2.24) is 5.32 Å². The van der Waals surface area contributed by atoms with Gasteiger partial charge < -0.3 is 14.8 Å². The molecule has 0 aliphatic heterocycles. The number of benzene rings is 1. The fourth-order valence-corrected chi connectivity index (χ4v) is 2.55. The molecule has 1 saturated carbocycles. The average Bonchev–Trinajstić information content (AvgIpc) is 3.23. The Labute approximate surface area is 131 Å². The molecule has 1 fully saturated rings. The van der Waals surface area contributed by atoms with Crippen LogP contribution in [0, 0.1) is 5.92 Å². The average molecular weight is 305 g/mol. The topological polar surface area (TPSA) is 64.6 Å². The van der Waals surface area contributed by atoms with Crippen LogP contribution >= 0.6 is 0 Å². The largest absolute Gasteiger partial charge is 0.482 e. The fraction of sp³-hybridized carbons (Fsp3) is 0.529. The highest BCUT2D eigenvalue weighted by atomic mass is 16.6. The molecule has 1 aliphatic rings. The van der Waals surface area contributed by atoms with Crippen molar-refractivity contribution in [2.75, 3.05) is 13.7 Å². The van der Waals surface area contributed by atoms with Crippen LogP contribution in [0.5, 0.6) is 5.75 Å². The third kappa shape index (κ3) is 4.48. The van der Waals surface area contributed by atoms with E-state index in [0.717, 1.165) is 19.3 Å². The summed E-state index contributed by atoms with van der Waals surface area (Å²) in [4.78, 5) is 23.4. The molecule has 1 aromatic carbocycles. The number of esters is 1. The summed E-state index contributed by atoms with van der Waals surface area (Å²) in [6, 6.07) is 6.83. The quantitative estimate of drug-likeness (QED) is 0.786. The van der Waals surface area contributed by atoms with Crippen molar-refractivity contribution in [2.45, 2.75) is 38.6 Å². The molecular formula is C17H23NO4. The maximum Gasteiger partial charge on any atom is 0.343 e. The van der Waals surface area contributed by atoms with Crippen molar-refractivity contribution in [2.24, 2.45) is 5.92 Å². The number of hydrogen-bond acceptors (Lipinski definition) is 4. The second-order valence-corrected chi connectivity index (χ2v) is 6.23. The monoisotopic (exact) mass is 305 g/mol. The van der Waals surface area contributed by atoms with Gasteiger partial charge in [-0.05, 0) is 43.4 Å². The zero-order chi connectivity index (χ0) is 16.2. The van der Waals surface area contributed by atoms with Gasteiger partial charge in [-0.3, -0.25) is 4.79 Å². The standard InChI is InChI=1S/C17H23NO4/c1-12(2)10-17(7-8-17)18-16(20)13-5-4-6-14(9-13)22-11-15(19)21-3/h4-6,9,12H,7-8,10-11H2,1-3H3,(H,18,20). The van der Waals surface area contributed by atoms with Crippen molar-refractivity contribution < 1.29 is 19.1 Å². The van der Waals surface area contributed by atoms with Crippen LogP contribution in [0.2, 0.25) is 0 Å². The van der Waals surface area contributed by atoms with Gasteiger partial charge in [0.25, 0.3) is 5.91 Å². The number of ether oxygens (including phenoxy) is 2. The van der Waals surface area contributed by atoms with Crippen LogP contribution in [-0.4, -0.2) is 31.1 Å². The van der Waals surface area contributed by atoms with Gasteiger partial charge in [0.2, 0.25) is 0 Å². The molecule has 0 atom stereocenters. The zero-order valence-electron chi connectivity index (χ0n) is 13.3. The summed E-state index contributed by atoms with van der Waals surface area (Å²) >= 11 is 0. The first-order valence-electron chi connectivity index (χ1n) is 7.56. The van der Waals surface area contributed by atoms with Crippen molar-refractivity contribution in [3.05, 3.63) is 29.8 Å². The number of carbonyl (C=O) groups excluding carboxylic acids is 2. The Morgan fingerprint density at radius 3 is 2.64 bits per heavy atom. The zero-order valence-corrected chi connectivity index (χ0v) is 13.3. The van der Waals surface area contributed by atoms with Gasteiger partial charge in [0.1, 0.15) is 5.75 Å². The van der Waals surface area contributed by atoms with E-state index in [9.17, 15) is 9.59 Å². The molecule has 0 spiro atoms. The third-order valence-corrected chi connectivity index (χ3v) is 3.71. The first-order valence-corrected chi connectivity index (χ1v) is 7.56. The Morgan fingerprint density at radius 2 is 2.05 bits per heavy atom. The minimum atomic E-state index is -0.455. The van der Waals surface area contributed by atoms with Gasteiger partial charge in [0.15, 0.2) is 6.61 Å². The Kier molecular flexibility index (Phi) is 5.06. The number of hydrogen-bond donors (Lipinski definition) is 1. The number of rotatable bonds is 7. The summed E-state index contributed by atoms with van der Waals surface area (Å²) in [6.07, 6.45) is 3.07. The molecule has 0 unspecified atom stereocenters. The highest BCUT2D eigenvalue weighted by Gasteiger charge is 2.44. The van der Waals surface area contributed by atoms with Gasteiger partial charge in [0, 0.05) is 11.1 Å². The maximum atomic E-state index is 12.4. The fourth-order valence-electron chi connectivity index (χ4n) is 2.55. The molecule has 1 aliphatic carbocycles. The van der Waals surface area contributed by atoms with E-state index in [1.54, 1.807) is 24.3 Å². The molecule has 120 valence electrons. The van der Waals surface area contributed by atoms with Crippen LogP contribution < -0.4 is 10.1 Å². The van der Waals surface area contributed by atoms with E-state index in [1.807, 2.05) is 0 Å². The van der Waals surface area contributed by atoms with Crippen LogP contribution in [0.15, 0.2) is 24.3 Å². The third-order valence-electron chi connectivity index (χ3n) is 3.71. The lowest BCUT2D eigenvalue weighted by molar-refractivity contribution is -0.142. The minimum Gasteiger partial charge on any atom is -0.482 e. The van der Waals surface area contributed by atoms with Crippen LogP contribution in [0.1, 0.15) is 43.5 Å². The van der Waals surface area contributed by atoms with Crippen LogP contribution in [0.3, 0.4) is 0 Å². The molecule has 0 radical (unpaired) electrons. The van der Waals surface area contributed by atoms with Crippen molar-refractivity contribution >= 4 is 11.9 Å². The van der Waals surface area contributed by atoms with E-state index in [4.69, 9.17) is 4.74 Å². The van der Waals surface area contributed by atoms with Crippen molar-refractivity contribution in [3.8, 4) is 5.75 Å².